The highest BCUT2D eigenvalue weighted by atomic mass is 16.6. The summed E-state index contributed by atoms with van der Waals surface area (Å²) in [6.07, 6.45) is -1.12. The summed E-state index contributed by atoms with van der Waals surface area (Å²) in [6, 6.07) is -0.0613. The molecular formula is C7H15NO3. The van der Waals surface area contributed by atoms with E-state index in [1.165, 1.54) is 0 Å². The van der Waals surface area contributed by atoms with Crippen LogP contribution in [0.2, 0.25) is 0 Å². The van der Waals surface area contributed by atoms with Gasteiger partial charge in [0, 0.05) is 6.04 Å². The molecule has 1 unspecified atom stereocenters. The first-order valence-electron chi connectivity index (χ1n) is 3.84. The molecule has 1 fully saturated rings. The molecule has 0 bridgehead atoms. The number of likely N-dealkylation sites (N-methyl/N-ethyl adjacent to an activating group) is 1. The number of aliphatic hydroxyl groups excluding tert-OH is 2. The van der Waals surface area contributed by atoms with Crippen LogP contribution in [-0.2, 0) is 4.74 Å². The average Bonchev–Trinajstić information content (AvgIpc) is 1.96. The quantitative estimate of drug-likeness (QED) is 0.464. The van der Waals surface area contributed by atoms with E-state index in [-0.39, 0.29) is 12.1 Å². The second-order valence-electron chi connectivity index (χ2n) is 2.96. The van der Waals surface area contributed by atoms with Crippen molar-refractivity contribution >= 4 is 0 Å². The summed E-state index contributed by atoms with van der Waals surface area (Å²) in [7, 11) is 1.76. The smallest absolute Gasteiger partial charge is 0.182 e. The fourth-order valence-corrected chi connectivity index (χ4v) is 1.36. The molecule has 3 N–H and O–H groups in total. The number of ether oxygens (including phenoxy) is 1. The van der Waals surface area contributed by atoms with Gasteiger partial charge in [-0.2, -0.15) is 0 Å². The van der Waals surface area contributed by atoms with Gasteiger partial charge in [0.2, 0.25) is 0 Å². The van der Waals surface area contributed by atoms with E-state index in [0.29, 0.717) is 0 Å². The maximum atomic E-state index is 9.32. The summed E-state index contributed by atoms with van der Waals surface area (Å²) < 4.78 is 5.00. The van der Waals surface area contributed by atoms with Gasteiger partial charge >= 0.3 is 0 Å². The van der Waals surface area contributed by atoms with Crippen LogP contribution in [0.5, 0.6) is 0 Å². The minimum atomic E-state index is -1.05. The van der Waals surface area contributed by atoms with E-state index in [1.807, 2.05) is 6.92 Å². The van der Waals surface area contributed by atoms with Gasteiger partial charge in [-0.05, 0) is 20.4 Å². The molecule has 1 heterocycles. The maximum Gasteiger partial charge on any atom is 0.182 e. The topological polar surface area (TPSA) is 61.7 Å². The number of rotatable bonds is 1. The Labute approximate surface area is 66.2 Å². The molecule has 0 aliphatic carbocycles. The molecule has 0 saturated carbocycles. The van der Waals surface area contributed by atoms with Crippen LogP contribution < -0.4 is 5.32 Å². The van der Waals surface area contributed by atoms with Gasteiger partial charge in [-0.3, -0.25) is 0 Å². The predicted octanol–water partition coefficient (Wildman–Crippen LogP) is -0.938. The molecule has 11 heavy (non-hydrogen) atoms. The molecule has 0 aromatic rings. The van der Waals surface area contributed by atoms with Crippen LogP contribution >= 0.6 is 0 Å². The fourth-order valence-electron chi connectivity index (χ4n) is 1.36. The first kappa shape index (κ1) is 8.93. The Hall–Kier alpha value is -0.160. The lowest BCUT2D eigenvalue weighted by Crippen LogP contribution is -2.52. The van der Waals surface area contributed by atoms with E-state index < -0.39 is 12.4 Å². The van der Waals surface area contributed by atoms with Crippen LogP contribution in [-0.4, -0.2) is 41.8 Å². The molecule has 4 heteroatoms. The van der Waals surface area contributed by atoms with Crippen LogP contribution in [0.15, 0.2) is 0 Å². The van der Waals surface area contributed by atoms with Gasteiger partial charge in [0.05, 0.1) is 6.10 Å². The third-order valence-corrected chi connectivity index (χ3v) is 2.03. The summed E-state index contributed by atoms with van der Waals surface area (Å²) in [6.45, 7) is 1.87. The van der Waals surface area contributed by atoms with Crippen LogP contribution in [0.25, 0.3) is 0 Å². The average molecular weight is 161 g/mol. The molecule has 0 spiro atoms. The fraction of sp³-hybridized carbons (Fsp3) is 1.00. The third kappa shape index (κ3) is 1.90. The van der Waals surface area contributed by atoms with Crippen molar-refractivity contribution < 1.29 is 14.9 Å². The molecule has 1 saturated heterocycles. The second-order valence-corrected chi connectivity index (χ2v) is 2.96. The van der Waals surface area contributed by atoms with Crippen molar-refractivity contribution in [2.24, 2.45) is 0 Å². The lowest BCUT2D eigenvalue weighted by molar-refractivity contribution is -0.219. The van der Waals surface area contributed by atoms with Crippen molar-refractivity contribution in [1.29, 1.82) is 0 Å². The molecule has 0 aromatic heterocycles. The Morgan fingerprint density at radius 3 is 2.64 bits per heavy atom. The number of aliphatic hydroxyl groups is 2. The molecule has 1 aliphatic heterocycles. The van der Waals surface area contributed by atoms with Crippen molar-refractivity contribution in [2.45, 2.75) is 37.9 Å². The Bertz CT molecular complexity index is 131. The van der Waals surface area contributed by atoms with Gasteiger partial charge in [-0.25, -0.2) is 0 Å². The van der Waals surface area contributed by atoms with Crippen molar-refractivity contribution in [3.05, 3.63) is 0 Å². The zero-order chi connectivity index (χ0) is 8.43. The van der Waals surface area contributed by atoms with Gasteiger partial charge in [0.1, 0.15) is 6.10 Å². The molecule has 0 aromatic carbocycles. The third-order valence-electron chi connectivity index (χ3n) is 2.03. The Kier molecular flexibility index (Phi) is 2.84. The van der Waals surface area contributed by atoms with E-state index in [9.17, 15) is 5.11 Å². The highest BCUT2D eigenvalue weighted by Gasteiger charge is 2.33. The summed E-state index contributed by atoms with van der Waals surface area (Å²) in [5.74, 6) is 0. The monoisotopic (exact) mass is 161 g/mol. The first-order chi connectivity index (χ1) is 5.15. The zero-order valence-electron chi connectivity index (χ0n) is 6.82. The van der Waals surface area contributed by atoms with Crippen molar-refractivity contribution in [2.75, 3.05) is 7.05 Å². The maximum absolute atomic E-state index is 9.32. The lowest BCUT2D eigenvalue weighted by atomic mass is 10.0. The van der Waals surface area contributed by atoms with Gasteiger partial charge in [0.15, 0.2) is 6.29 Å². The number of hydrogen-bond donors (Lipinski definition) is 3. The Morgan fingerprint density at radius 1 is 1.45 bits per heavy atom. The molecule has 1 aliphatic rings. The van der Waals surface area contributed by atoms with Crippen molar-refractivity contribution in [3.8, 4) is 0 Å². The molecule has 4 nitrogen and oxygen atoms in total. The van der Waals surface area contributed by atoms with Crippen molar-refractivity contribution in [1.82, 2.24) is 5.32 Å². The minimum Gasteiger partial charge on any atom is -0.386 e. The summed E-state index contributed by atoms with van der Waals surface area (Å²) >= 11 is 0. The molecule has 4 atom stereocenters. The SMILES string of the molecule is CN[C@H]1C[C@@H](C)OC(O)[C@@H]1O. The van der Waals surface area contributed by atoms with E-state index in [1.54, 1.807) is 7.05 Å². The van der Waals surface area contributed by atoms with Gasteiger partial charge in [-0.15, -0.1) is 0 Å². The lowest BCUT2D eigenvalue weighted by Gasteiger charge is -2.35. The van der Waals surface area contributed by atoms with Gasteiger partial charge in [0.25, 0.3) is 0 Å². The van der Waals surface area contributed by atoms with Crippen LogP contribution in [0.1, 0.15) is 13.3 Å². The standard InChI is InChI=1S/C7H15NO3/c1-4-3-5(8-2)6(9)7(10)11-4/h4-10H,3H2,1-2H3/t4-,5+,6-,7?/m1/s1. The number of hydrogen-bond acceptors (Lipinski definition) is 4. The van der Waals surface area contributed by atoms with E-state index in [0.717, 1.165) is 6.42 Å². The second kappa shape index (κ2) is 3.49. The number of nitrogens with one attached hydrogen (secondary N) is 1. The predicted molar refractivity (Wildman–Crippen MR) is 40.0 cm³/mol. The molecule has 1 rings (SSSR count). The van der Waals surface area contributed by atoms with Gasteiger partial charge < -0.3 is 20.3 Å². The highest BCUT2D eigenvalue weighted by molar-refractivity contribution is 4.83. The Morgan fingerprint density at radius 2 is 2.09 bits per heavy atom. The Balaban J connectivity index is 2.51. The van der Waals surface area contributed by atoms with Gasteiger partial charge in [-0.1, -0.05) is 0 Å². The van der Waals surface area contributed by atoms with E-state index >= 15 is 0 Å². The van der Waals surface area contributed by atoms with Crippen LogP contribution in [0.3, 0.4) is 0 Å². The zero-order valence-corrected chi connectivity index (χ0v) is 6.82. The summed E-state index contributed by atoms with van der Waals surface area (Å²) in [4.78, 5) is 0. The molecule has 0 radical (unpaired) electrons. The van der Waals surface area contributed by atoms with E-state index in [4.69, 9.17) is 9.84 Å². The largest absolute Gasteiger partial charge is 0.386 e. The summed E-state index contributed by atoms with van der Waals surface area (Å²) in [5.41, 5.74) is 0. The van der Waals surface area contributed by atoms with Crippen LogP contribution in [0.4, 0.5) is 0 Å². The molecule has 0 amide bonds. The van der Waals surface area contributed by atoms with Crippen molar-refractivity contribution in [3.63, 3.8) is 0 Å². The molecule has 66 valence electrons. The minimum absolute atomic E-state index is 0.00542. The normalized spacial score (nSPS) is 45.8. The summed E-state index contributed by atoms with van der Waals surface area (Å²) in [5, 5.41) is 21.4. The molecular weight excluding hydrogens is 146 g/mol. The first-order valence-corrected chi connectivity index (χ1v) is 3.84. The highest BCUT2D eigenvalue weighted by Crippen LogP contribution is 2.17. The van der Waals surface area contributed by atoms with Crippen LogP contribution in [0, 0.1) is 0 Å². The van der Waals surface area contributed by atoms with E-state index in [2.05, 4.69) is 5.32 Å².